The molecule has 0 aliphatic carbocycles. The van der Waals surface area contributed by atoms with Crippen molar-refractivity contribution >= 4 is 0 Å². The van der Waals surface area contributed by atoms with Crippen molar-refractivity contribution in [3.63, 3.8) is 0 Å². The van der Waals surface area contributed by atoms with Crippen LogP contribution in [0.25, 0.3) is 0 Å². The zero-order chi connectivity index (χ0) is 2.00. The molecule has 0 aromatic heterocycles. The summed E-state index contributed by atoms with van der Waals surface area (Å²) in [5, 5.41) is 0. The van der Waals surface area contributed by atoms with E-state index >= 15 is 0 Å². The van der Waals surface area contributed by atoms with Gasteiger partial charge < -0.3 is 11.0 Å². The first-order valence-corrected chi connectivity index (χ1v) is 0.508. The zero-order valence-corrected chi connectivity index (χ0v) is 2.65. The maximum absolute atomic E-state index is 7.81. The number of hydrogen-bond donors (Lipinski definition) is 0. The molecule has 0 fully saturated rings. The predicted molar refractivity (Wildman–Crippen MR) is 7.91 cm³/mol. The van der Waals surface area contributed by atoms with Gasteiger partial charge in [0, 0.05) is 0 Å². The third-order valence-electron chi connectivity index (χ3n) is 0. The molecule has 0 bridgehead atoms. The van der Waals surface area contributed by atoms with Crippen LogP contribution in [0.4, 0.5) is 0 Å². The second-order valence-electron chi connectivity index (χ2n) is 0. The second-order valence-corrected chi connectivity index (χ2v) is 0. The van der Waals surface area contributed by atoms with Crippen LogP contribution in [0.5, 0.6) is 0 Å². The Hall–Kier alpha value is 0.239. The fourth-order valence-corrected chi connectivity index (χ4v) is 0. The van der Waals surface area contributed by atoms with Crippen molar-refractivity contribution in [1.82, 2.24) is 0 Å². The first kappa shape index (κ1) is 29.0. The third-order valence-corrected chi connectivity index (χ3v) is 0. The summed E-state index contributed by atoms with van der Waals surface area (Å²) < 4.78 is 7.81. The summed E-state index contributed by atoms with van der Waals surface area (Å²) in [4.78, 5) is 0. The first-order chi connectivity index (χ1) is 1.00. The Balaban J connectivity index is -0.00000000500. The Labute approximate surface area is 31.6 Å². The molecule has 0 spiro atoms. The van der Waals surface area contributed by atoms with Gasteiger partial charge in [0.1, 0.15) is 0 Å². The molecule has 0 aliphatic heterocycles. The fourth-order valence-electron chi connectivity index (χ4n) is 0. The van der Waals surface area contributed by atoms with Crippen molar-refractivity contribution in [3.8, 4) is 0 Å². The van der Waals surface area contributed by atoms with Gasteiger partial charge in [-0.3, -0.25) is 0 Å². The van der Waals surface area contributed by atoms with E-state index in [0.29, 0.717) is 0 Å². The van der Waals surface area contributed by atoms with Gasteiger partial charge in [-0.1, -0.05) is 0 Å². The van der Waals surface area contributed by atoms with E-state index in [1.54, 1.807) is 0 Å². The van der Waals surface area contributed by atoms with Crippen molar-refractivity contribution in [3.05, 3.63) is 0 Å². The summed E-state index contributed by atoms with van der Waals surface area (Å²) in [5.41, 5.74) is 0. The van der Waals surface area contributed by atoms with Crippen LogP contribution >= 0.6 is 0 Å². The molecule has 0 amide bonds. The van der Waals surface area contributed by atoms with Gasteiger partial charge in [-0.15, -0.1) is 0 Å². The van der Waals surface area contributed by atoms with Crippen molar-refractivity contribution in [1.29, 1.82) is 0 Å². The molecule has 0 aromatic carbocycles. The zero-order valence-electron chi connectivity index (χ0n) is 1.71. The van der Waals surface area contributed by atoms with E-state index in [1.807, 2.05) is 0 Å². The monoisotopic (exact) mass is 115 g/mol. The molecule has 3 nitrogen and oxygen atoms in total. The van der Waals surface area contributed by atoms with E-state index in [1.165, 1.54) is 0 Å². The molecule has 0 rings (SSSR count). The molecular formula is H4CuO3. The van der Waals surface area contributed by atoms with E-state index in [0.717, 1.165) is 0 Å². The van der Waals surface area contributed by atoms with E-state index in [2.05, 4.69) is 15.9 Å². The molecule has 0 atom stereocenters. The average molecular weight is 116 g/mol. The van der Waals surface area contributed by atoms with Crippen molar-refractivity contribution in [2.45, 2.75) is 0 Å². The molecule has 0 radical (unpaired) electrons. The van der Waals surface area contributed by atoms with Crippen molar-refractivity contribution in [2.75, 3.05) is 0 Å². The molecule has 4 heteroatoms. The van der Waals surface area contributed by atoms with Gasteiger partial charge in [-0.25, -0.2) is 0 Å². The molecule has 0 aromatic rings. The molecule has 0 heterocycles. The van der Waals surface area contributed by atoms with Crippen LogP contribution in [-0.4, -0.2) is 11.0 Å². The van der Waals surface area contributed by atoms with E-state index < -0.39 is 0 Å². The summed E-state index contributed by atoms with van der Waals surface area (Å²) in [6.45, 7) is 0. The van der Waals surface area contributed by atoms with Crippen molar-refractivity contribution < 1.29 is 30.7 Å². The summed E-state index contributed by atoms with van der Waals surface area (Å²) in [7, 11) is 0. The van der Waals surface area contributed by atoms with Gasteiger partial charge in [0.05, 0.1) is 0 Å². The Morgan fingerprint density at radius 1 is 1.00 bits per heavy atom. The van der Waals surface area contributed by atoms with Gasteiger partial charge in [0.25, 0.3) is 0 Å². The van der Waals surface area contributed by atoms with Gasteiger partial charge in [0.2, 0.25) is 0 Å². The molecule has 0 saturated heterocycles. The molecule has 0 unspecified atom stereocenters. The van der Waals surface area contributed by atoms with Crippen LogP contribution in [0.3, 0.4) is 0 Å². The van der Waals surface area contributed by atoms with Crippen LogP contribution in [0.15, 0.2) is 0 Å². The Morgan fingerprint density at radius 2 is 1.00 bits per heavy atom. The van der Waals surface area contributed by atoms with Gasteiger partial charge >= 0.3 is 19.8 Å². The molecule has 0 aliphatic rings. The van der Waals surface area contributed by atoms with Crippen LogP contribution in [0.2, 0.25) is 0 Å². The van der Waals surface area contributed by atoms with E-state index in [-0.39, 0.29) is 11.0 Å². The normalized spacial score (nSPS) is 1.50. The molecule has 4 N–H and O–H groups in total. The quantitative estimate of drug-likeness (QED) is 0.344. The third kappa shape index (κ3) is 60.0. The minimum absolute atomic E-state index is 0. The molecule has 4 heavy (non-hydrogen) atoms. The van der Waals surface area contributed by atoms with Crippen LogP contribution < -0.4 is 0 Å². The summed E-state index contributed by atoms with van der Waals surface area (Å²) in [5.74, 6) is 0. The second kappa shape index (κ2) is 283. The topological polar surface area (TPSA) is 80.1 Å². The first-order valence-electron chi connectivity index (χ1n) is 0.123. The van der Waals surface area contributed by atoms with Gasteiger partial charge in [-0.05, 0) is 0 Å². The minimum atomic E-state index is 0. The average Bonchev–Trinajstić information content (AvgIpc) is 1.00. The summed E-state index contributed by atoms with van der Waals surface area (Å²) >= 11 is 2.94. The predicted octanol–water partition coefficient (Wildman–Crippen LogP) is -1.77. The van der Waals surface area contributed by atoms with E-state index in [4.69, 9.17) is 3.83 Å². The van der Waals surface area contributed by atoms with E-state index in [9.17, 15) is 0 Å². The Kier molecular flexibility index (Phi) is 2050. The molecule has 0 saturated carbocycles. The summed E-state index contributed by atoms with van der Waals surface area (Å²) in [6.07, 6.45) is 0. The fraction of sp³-hybridized carbons (Fsp3) is 0. The Morgan fingerprint density at radius 3 is 1.00 bits per heavy atom. The van der Waals surface area contributed by atoms with Crippen LogP contribution in [-0.2, 0) is 19.8 Å². The Bertz CT molecular complexity index is 3.25. The SMILES string of the molecule is O.O.[O]=[Cu]. The maximum atomic E-state index is 7.81. The van der Waals surface area contributed by atoms with Gasteiger partial charge in [-0.2, -0.15) is 0 Å². The van der Waals surface area contributed by atoms with Crippen LogP contribution in [0.1, 0.15) is 0 Å². The standard InChI is InChI=1S/Cu.2H2O.O/h;2*1H2;. The summed E-state index contributed by atoms with van der Waals surface area (Å²) in [6, 6.07) is 0. The van der Waals surface area contributed by atoms with Crippen LogP contribution in [0, 0.1) is 0 Å². The molecule has 33 valence electrons. The number of hydrogen-bond acceptors (Lipinski definition) is 1. The van der Waals surface area contributed by atoms with Crippen molar-refractivity contribution in [2.24, 2.45) is 0 Å². The molecular weight excluding hydrogens is 112 g/mol. The van der Waals surface area contributed by atoms with Gasteiger partial charge in [0.15, 0.2) is 0 Å². The number of rotatable bonds is 0.